The predicted octanol–water partition coefficient (Wildman–Crippen LogP) is 3.84. The molecule has 0 fully saturated rings. The van der Waals surface area contributed by atoms with E-state index in [1.807, 2.05) is 6.07 Å². The van der Waals surface area contributed by atoms with E-state index < -0.39 is 11.8 Å². The van der Waals surface area contributed by atoms with E-state index in [1.54, 1.807) is 0 Å². The lowest BCUT2D eigenvalue weighted by atomic mass is 10.2. The number of hydrogen-bond donors (Lipinski definition) is 1. The second kappa shape index (κ2) is 5.59. The monoisotopic (exact) mass is 291 g/mol. The number of nitriles is 1. The van der Waals surface area contributed by atoms with E-state index in [2.05, 4.69) is 0 Å². The van der Waals surface area contributed by atoms with Crippen molar-refractivity contribution in [1.29, 1.82) is 5.26 Å². The van der Waals surface area contributed by atoms with Gasteiger partial charge in [-0.1, -0.05) is 11.6 Å². The van der Waals surface area contributed by atoms with Crippen LogP contribution < -0.4 is 4.74 Å². The first-order chi connectivity index (χ1) is 9.51. The first-order valence-corrected chi connectivity index (χ1v) is 5.79. The smallest absolute Gasteiger partial charge is 0.339 e. The third-order valence-electron chi connectivity index (χ3n) is 2.46. The molecule has 0 unspecified atom stereocenters. The first kappa shape index (κ1) is 13.8. The maximum absolute atomic E-state index is 13.2. The molecule has 4 nitrogen and oxygen atoms in total. The molecule has 2 aromatic carbocycles. The number of carboxylic acids is 1. The largest absolute Gasteiger partial charge is 0.478 e. The van der Waals surface area contributed by atoms with Crippen molar-refractivity contribution in [3.63, 3.8) is 0 Å². The fraction of sp³-hybridized carbons (Fsp3) is 0. The SMILES string of the molecule is N#Cc1ccc(Oc2cc(F)ccc2C(=O)O)cc1Cl. The van der Waals surface area contributed by atoms with Crippen LogP contribution in [0.25, 0.3) is 0 Å². The highest BCUT2D eigenvalue weighted by Gasteiger charge is 2.13. The van der Waals surface area contributed by atoms with Gasteiger partial charge in [0.1, 0.15) is 28.9 Å². The number of rotatable bonds is 3. The number of carboxylic acid groups (broad SMARTS) is 1. The van der Waals surface area contributed by atoms with Crippen molar-refractivity contribution in [2.75, 3.05) is 0 Å². The second-order valence-corrected chi connectivity index (χ2v) is 4.21. The molecule has 0 atom stereocenters. The van der Waals surface area contributed by atoms with Crippen LogP contribution in [-0.2, 0) is 0 Å². The van der Waals surface area contributed by atoms with Gasteiger partial charge >= 0.3 is 5.97 Å². The second-order valence-electron chi connectivity index (χ2n) is 3.80. The number of nitrogens with zero attached hydrogens (tertiary/aromatic N) is 1. The molecule has 0 heterocycles. The summed E-state index contributed by atoms with van der Waals surface area (Å²) in [6, 6.07) is 9.22. The molecule has 2 aromatic rings. The highest BCUT2D eigenvalue weighted by molar-refractivity contribution is 6.31. The van der Waals surface area contributed by atoms with Gasteiger partial charge < -0.3 is 9.84 Å². The van der Waals surface area contributed by atoms with E-state index in [4.69, 9.17) is 26.7 Å². The zero-order valence-corrected chi connectivity index (χ0v) is 10.7. The van der Waals surface area contributed by atoms with Gasteiger partial charge in [-0.05, 0) is 24.3 Å². The molecule has 0 radical (unpaired) electrons. The van der Waals surface area contributed by atoms with Gasteiger partial charge in [0.2, 0.25) is 0 Å². The number of halogens is 2. The zero-order valence-electron chi connectivity index (χ0n) is 9.93. The molecular formula is C14H7ClFNO3. The molecule has 2 rings (SSSR count). The molecule has 0 aromatic heterocycles. The molecule has 0 saturated heterocycles. The summed E-state index contributed by atoms with van der Waals surface area (Å²) < 4.78 is 18.5. The Kier molecular flexibility index (Phi) is 3.87. The summed E-state index contributed by atoms with van der Waals surface area (Å²) >= 11 is 5.84. The Labute approximate surface area is 118 Å². The number of ether oxygens (including phenoxy) is 1. The number of benzene rings is 2. The van der Waals surface area contributed by atoms with Crippen molar-refractivity contribution in [3.05, 3.63) is 58.4 Å². The summed E-state index contributed by atoms with van der Waals surface area (Å²) in [6.07, 6.45) is 0. The molecule has 0 amide bonds. The minimum Gasteiger partial charge on any atom is -0.478 e. The summed E-state index contributed by atoms with van der Waals surface area (Å²) in [5, 5.41) is 17.9. The van der Waals surface area contributed by atoms with Gasteiger partial charge in [-0.2, -0.15) is 5.26 Å². The lowest BCUT2D eigenvalue weighted by Crippen LogP contribution is -2.00. The van der Waals surface area contributed by atoms with Crippen LogP contribution >= 0.6 is 11.6 Å². The van der Waals surface area contributed by atoms with Crippen LogP contribution in [0.4, 0.5) is 4.39 Å². The minimum absolute atomic E-state index is 0.140. The summed E-state index contributed by atoms with van der Waals surface area (Å²) in [7, 11) is 0. The van der Waals surface area contributed by atoms with Gasteiger partial charge in [0, 0.05) is 12.1 Å². The van der Waals surface area contributed by atoms with E-state index in [9.17, 15) is 9.18 Å². The summed E-state index contributed by atoms with van der Waals surface area (Å²) in [5.74, 6) is -1.79. The Bertz CT molecular complexity index is 725. The van der Waals surface area contributed by atoms with Crippen LogP contribution in [0.15, 0.2) is 36.4 Å². The number of aromatic carboxylic acids is 1. The van der Waals surface area contributed by atoms with Crippen molar-refractivity contribution in [3.8, 4) is 17.6 Å². The molecule has 0 bridgehead atoms. The van der Waals surface area contributed by atoms with E-state index in [1.165, 1.54) is 18.2 Å². The molecule has 0 spiro atoms. The Morgan fingerprint density at radius 1 is 1.30 bits per heavy atom. The molecule has 0 aliphatic carbocycles. The van der Waals surface area contributed by atoms with Crippen molar-refractivity contribution in [2.45, 2.75) is 0 Å². The normalized spacial score (nSPS) is 9.85. The lowest BCUT2D eigenvalue weighted by Gasteiger charge is -2.09. The van der Waals surface area contributed by atoms with Crippen LogP contribution in [0.1, 0.15) is 15.9 Å². The average molecular weight is 292 g/mol. The van der Waals surface area contributed by atoms with E-state index in [-0.39, 0.29) is 27.6 Å². The molecule has 20 heavy (non-hydrogen) atoms. The fourth-order valence-corrected chi connectivity index (χ4v) is 1.75. The van der Waals surface area contributed by atoms with Crippen LogP contribution in [0.3, 0.4) is 0 Å². The average Bonchev–Trinajstić information content (AvgIpc) is 2.38. The van der Waals surface area contributed by atoms with Gasteiger partial charge in [0.05, 0.1) is 10.6 Å². The third-order valence-corrected chi connectivity index (χ3v) is 2.78. The highest BCUT2D eigenvalue weighted by Crippen LogP contribution is 2.29. The van der Waals surface area contributed by atoms with Gasteiger partial charge in [-0.25, -0.2) is 9.18 Å². The standard InChI is InChI=1S/C14H7ClFNO3/c15-12-6-10(3-1-8(12)7-17)20-13-5-9(16)2-4-11(13)14(18)19/h1-6H,(H,18,19). The first-order valence-electron chi connectivity index (χ1n) is 5.41. The van der Waals surface area contributed by atoms with E-state index >= 15 is 0 Å². The van der Waals surface area contributed by atoms with Crippen LogP contribution in [0.2, 0.25) is 5.02 Å². The summed E-state index contributed by atoms with van der Waals surface area (Å²) in [6.45, 7) is 0. The fourth-order valence-electron chi connectivity index (χ4n) is 1.53. The van der Waals surface area contributed by atoms with Gasteiger partial charge in [-0.15, -0.1) is 0 Å². The molecule has 100 valence electrons. The topological polar surface area (TPSA) is 70.3 Å². The van der Waals surface area contributed by atoms with Crippen molar-refractivity contribution >= 4 is 17.6 Å². The van der Waals surface area contributed by atoms with Crippen molar-refractivity contribution in [2.24, 2.45) is 0 Å². The molecule has 0 aliphatic heterocycles. The van der Waals surface area contributed by atoms with Crippen LogP contribution in [-0.4, -0.2) is 11.1 Å². The molecule has 0 saturated carbocycles. The third kappa shape index (κ3) is 2.87. The number of carbonyl (C=O) groups is 1. The Morgan fingerprint density at radius 3 is 2.65 bits per heavy atom. The van der Waals surface area contributed by atoms with Crippen molar-refractivity contribution in [1.82, 2.24) is 0 Å². The lowest BCUT2D eigenvalue weighted by molar-refractivity contribution is 0.0694. The van der Waals surface area contributed by atoms with E-state index in [0.29, 0.717) is 0 Å². The predicted molar refractivity (Wildman–Crippen MR) is 69.6 cm³/mol. The summed E-state index contributed by atoms with van der Waals surface area (Å²) in [5.41, 5.74) is 0.0867. The molecule has 6 heteroatoms. The zero-order chi connectivity index (χ0) is 14.7. The Balaban J connectivity index is 2.39. The maximum Gasteiger partial charge on any atom is 0.339 e. The summed E-state index contributed by atoms with van der Waals surface area (Å²) in [4.78, 5) is 11.0. The van der Waals surface area contributed by atoms with Crippen LogP contribution in [0, 0.1) is 17.1 Å². The van der Waals surface area contributed by atoms with Crippen LogP contribution in [0.5, 0.6) is 11.5 Å². The minimum atomic E-state index is -1.24. The quantitative estimate of drug-likeness (QED) is 0.932. The molecule has 0 aliphatic rings. The number of hydrogen-bond acceptors (Lipinski definition) is 3. The Morgan fingerprint density at radius 2 is 2.05 bits per heavy atom. The molecule has 1 N–H and O–H groups in total. The van der Waals surface area contributed by atoms with Gasteiger partial charge in [0.25, 0.3) is 0 Å². The highest BCUT2D eigenvalue weighted by atomic mass is 35.5. The van der Waals surface area contributed by atoms with Gasteiger partial charge in [-0.3, -0.25) is 0 Å². The van der Waals surface area contributed by atoms with Crippen molar-refractivity contribution < 1.29 is 19.0 Å². The Hall–Kier alpha value is -2.58. The van der Waals surface area contributed by atoms with Gasteiger partial charge in [0.15, 0.2) is 0 Å². The maximum atomic E-state index is 13.2. The van der Waals surface area contributed by atoms with E-state index in [0.717, 1.165) is 18.2 Å². The molecular weight excluding hydrogens is 285 g/mol.